The molecule has 1 aromatic rings. The Balaban J connectivity index is 1.73. The quantitative estimate of drug-likeness (QED) is 0.446. The van der Waals surface area contributed by atoms with Gasteiger partial charge >= 0.3 is 0 Å². The van der Waals surface area contributed by atoms with E-state index in [1.165, 1.54) is 16.7 Å². The van der Waals surface area contributed by atoms with Crippen molar-refractivity contribution in [1.29, 1.82) is 0 Å². The third kappa shape index (κ3) is 6.67. The molecule has 0 amide bonds. The molecule has 1 fully saturated rings. The number of hydrogen-bond donors (Lipinski definition) is 1. The summed E-state index contributed by atoms with van der Waals surface area (Å²) in [6.45, 7) is 9.41. The second-order valence-corrected chi connectivity index (χ2v) is 6.89. The molecule has 0 saturated carbocycles. The van der Waals surface area contributed by atoms with Crippen molar-refractivity contribution in [3.8, 4) is 0 Å². The van der Waals surface area contributed by atoms with Crippen LogP contribution in [0, 0.1) is 19.8 Å². The van der Waals surface area contributed by atoms with Crippen LogP contribution in [-0.4, -0.2) is 64.5 Å². The van der Waals surface area contributed by atoms with E-state index in [9.17, 15) is 0 Å². The number of methoxy groups -OCH3 is 1. The molecule has 1 aromatic carbocycles. The number of rotatable bonds is 8. The maximum Gasteiger partial charge on any atom is 0.193 e. The minimum atomic E-state index is 0.579. The fraction of sp³-hybridized carbons (Fsp3) is 0.650. The molecular formula is C20H33N3O2. The average Bonchev–Trinajstić information content (AvgIpc) is 3.03. The van der Waals surface area contributed by atoms with E-state index in [0.717, 1.165) is 45.0 Å². The molecule has 5 heteroatoms. The van der Waals surface area contributed by atoms with E-state index in [1.807, 2.05) is 7.05 Å². The lowest BCUT2D eigenvalue weighted by atomic mass is 10.1. The van der Waals surface area contributed by atoms with Gasteiger partial charge in [0, 0.05) is 39.7 Å². The fourth-order valence-corrected chi connectivity index (χ4v) is 3.42. The Hall–Kier alpha value is -1.59. The molecule has 5 nitrogen and oxygen atoms in total. The van der Waals surface area contributed by atoms with Gasteiger partial charge in [-0.1, -0.05) is 29.3 Å². The molecule has 0 aliphatic carbocycles. The Morgan fingerprint density at radius 1 is 1.24 bits per heavy atom. The minimum absolute atomic E-state index is 0.579. The Kier molecular flexibility index (Phi) is 8.22. The molecule has 0 aromatic heterocycles. The lowest BCUT2D eigenvalue weighted by Gasteiger charge is -2.22. The standard InChI is InChI=1S/C20H33N3O2/c1-16-11-17(2)13-18(12-16)5-7-22-20(21-3)23-8-6-19(14-23)15-25-10-9-24-4/h11-13,19H,5-10,14-15H2,1-4H3,(H,21,22). The SMILES string of the molecule is CN=C(NCCc1cc(C)cc(C)c1)N1CCC(COCCOC)C1. The summed E-state index contributed by atoms with van der Waals surface area (Å²) in [5.74, 6) is 1.58. The minimum Gasteiger partial charge on any atom is -0.382 e. The zero-order valence-electron chi connectivity index (χ0n) is 16.2. The predicted octanol–water partition coefficient (Wildman–Crippen LogP) is 2.41. The molecule has 1 aliphatic rings. The highest BCUT2D eigenvalue weighted by molar-refractivity contribution is 5.80. The Morgan fingerprint density at radius 2 is 2.00 bits per heavy atom. The van der Waals surface area contributed by atoms with Gasteiger partial charge in [0.1, 0.15) is 0 Å². The van der Waals surface area contributed by atoms with Gasteiger partial charge < -0.3 is 19.7 Å². The first kappa shape index (κ1) is 19.7. The van der Waals surface area contributed by atoms with Gasteiger partial charge in [-0.15, -0.1) is 0 Å². The Labute approximate surface area is 152 Å². The number of nitrogens with zero attached hydrogens (tertiary/aromatic N) is 2. The number of ether oxygens (including phenoxy) is 2. The molecule has 1 N–H and O–H groups in total. The van der Waals surface area contributed by atoms with Gasteiger partial charge in [-0.3, -0.25) is 4.99 Å². The van der Waals surface area contributed by atoms with Gasteiger partial charge in [0.2, 0.25) is 0 Å². The van der Waals surface area contributed by atoms with Crippen LogP contribution < -0.4 is 5.32 Å². The summed E-state index contributed by atoms with van der Waals surface area (Å²) in [4.78, 5) is 6.79. The van der Waals surface area contributed by atoms with E-state index < -0.39 is 0 Å². The molecular weight excluding hydrogens is 314 g/mol. The smallest absolute Gasteiger partial charge is 0.193 e. The average molecular weight is 348 g/mol. The summed E-state index contributed by atoms with van der Waals surface area (Å²) in [6, 6.07) is 6.75. The van der Waals surface area contributed by atoms with Crippen LogP contribution in [0.5, 0.6) is 0 Å². The molecule has 0 radical (unpaired) electrons. The fourth-order valence-electron chi connectivity index (χ4n) is 3.42. The van der Waals surface area contributed by atoms with Crippen molar-refractivity contribution >= 4 is 5.96 Å². The number of hydrogen-bond acceptors (Lipinski definition) is 3. The summed E-state index contributed by atoms with van der Waals surface area (Å²) in [5, 5.41) is 3.51. The highest BCUT2D eigenvalue weighted by Crippen LogP contribution is 2.16. The molecule has 1 saturated heterocycles. The maximum absolute atomic E-state index is 5.67. The monoisotopic (exact) mass is 347 g/mol. The summed E-state index contributed by atoms with van der Waals surface area (Å²) in [5.41, 5.74) is 4.04. The van der Waals surface area contributed by atoms with Gasteiger partial charge in [0.25, 0.3) is 0 Å². The van der Waals surface area contributed by atoms with E-state index >= 15 is 0 Å². The van der Waals surface area contributed by atoms with Gasteiger partial charge in [0.05, 0.1) is 19.8 Å². The largest absolute Gasteiger partial charge is 0.382 e. The zero-order chi connectivity index (χ0) is 18.1. The summed E-state index contributed by atoms with van der Waals surface area (Å²) in [7, 11) is 3.57. The first-order valence-electron chi connectivity index (χ1n) is 9.22. The normalized spacial score (nSPS) is 18.0. The molecule has 2 rings (SSSR count). The van der Waals surface area contributed by atoms with E-state index in [1.54, 1.807) is 7.11 Å². The molecule has 1 atom stereocenters. The van der Waals surface area contributed by atoms with Gasteiger partial charge in [0.15, 0.2) is 5.96 Å². The summed E-state index contributed by atoms with van der Waals surface area (Å²) < 4.78 is 10.7. The number of nitrogens with one attached hydrogen (secondary N) is 1. The highest BCUT2D eigenvalue weighted by atomic mass is 16.5. The third-order valence-corrected chi connectivity index (χ3v) is 4.56. The van der Waals surface area contributed by atoms with E-state index in [4.69, 9.17) is 9.47 Å². The molecule has 140 valence electrons. The second kappa shape index (κ2) is 10.4. The van der Waals surface area contributed by atoms with Crippen molar-refractivity contribution in [3.05, 3.63) is 34.9 Å². The van der Waals surface area contributed by atoms with E-state index in [0.29, 0.717) is 19.1 Å². The highest BCUT2D eigenvalue weighted by Gasteiger charge is 2.24. The van der Waals surface area contributed by atoms with Crippen LogP contribution in [0.25, 0.3) is 0 Å². The van der Waals surface area contributed by atoms with Crippen LogP contribution >= 0.6 is 0 Å². The van der Waals surface area contributed by atoms with Crippen molar-refractivity contribution < 1.29 is 9.47 Å². The molecule has 25 heavy (non-hydrogen) atoms. The van der Waals surface area contributed by atoms with Crippen molar-refractivity contribution in [2.45, 2.75) is 26.7 Å². The predicted molar refractivity (Wildman–Crippen MR) is 103 cm³/mol. The van der Waals surface area contributed by atoms with Crippen molar-refractivity contribution in [3.63, 3.8) is 0 Å². The number of benzene rings is 1. The lowest BCUT2D eigenvalue weighted by Crippen LogP contribution is -2.41. The van der Waals surface area contributed by atoms with Crippen LogP contribution in [0.2, 0.25) is 0 Å². The van der Waals surface area contributed by atoms with Crippen LogP contribution in [0.4, 0.5) is 0 Å². The topological polar surface area (TPSA) is 46.1 Å². The van der Waals surface area contributed by atoms with Gasteiger partial charge in [-0.25, -0.2) is 0 Å². The van der Waals surface area contributed by atoms with Crippen molar-refractivity contribution in [1.82, 2.24) is 10.2 Å². The number of likely N-dealkylation sites (tertiary alicyclic amines) is 1. The van der Waals surface area contributed by atoms with Crippen LogP contribution in [0.1, 0.15) is 23.1 Å². The van der Waals surface area contributed by atoms with Crippen LogP contribution in [0.3, 0.4) is 0 Å². The Morgan fingerprint density at radius 3 is 2.68 bits per heavy atom. The number of guanidine groups is 1. The molecule has 1 heterocycles. The summed E-state index contributed by atoms with van der Waals surface area (Å²) >= 11 is 0. The third-order valence-electron chi connectivity index (χ3n) is 4.56. The van der Waals surface area contributed by atoms with Crippen LogP contribution in [-0.2, 0) is 15.9 Å². The van der Waals surface area contributed by atoms with Crippen molar-refractivity contribution in [2.75, 3.05) is 53.6 Å². The molecule has 0 bridgehead atoms. The first-order valence-corrected chi connectivity index (χ1v) is 9.22. The zero-order valence-corrected chi connectivity index (χ0v) is 16.2. The lowest BCUT2D eigenvalue weighted by molar-refractivity contribution is 0.0536. The molecule has 1 aliphatic heterocycles. The van der Waals surface area contributed by atoms with Gasteiger partial charge in [-0.05, 0) is 32.3 Å². The maximum atomic E-state index is 5.67. The number of aryl methyl sites for hydroxylation is 2. The van der Waals surface area contributed by atoms with Crippen molar-refractivity contribution in [2.24, 2.45) is 10.9 Å². The van der Waals surface area contributed by atoms with E-state index in [2.05, 4.69) is 47.3 Å². The Bertz CT molecular complexity index is 540. The summed E-state index contributed by atoms with van der Waals surface area (Å²) in [6.07, 6.45) is 2.17. The first-order chi connectivity index (χ1) is 12.1. The second-order valence-electron chi connectivity index (χ2n) is 6.89. The molecule has 0 spiro atoms. The molecule has 1 unspecified atom stereocenters. The number of aliphatic imine (C=N–C) groups is 1. The van der Waals surface area contributed by atoms with Gasteiger partial charge in [-0.2, -0.15) is 0 Å². The van der Waals surface area contributed by atoms with Crippen LogP contribution in [0.15, 0.2) is 23.2 Å². The van der Waals surface area contributed by atoms with E-state index in [-0.39, 0.29) is 0 Å².